The number of benzene rings is 2. The van der Waals surface area contributed by atoms with Crippen molar-refractivity contribution in [3.05, 3.63) is 59.2 Å². The van der Waals surface area contributed by atoms with Crippen LogP contribution < -0.4 is 4.74 Å². The molecule has 4 rings (SSSR count). The second-order valence-electron chi connectivity index (χ2n) is 7.24. The number of hydrogen-bond acceptors (Lipinski definition) is 4. The standard InChI is InChI=1S/C20H21F3N2O3S/c21-20(22,23)17-2-4-18(5-3-17)29(26,27)25-10-8-24(9-11-25)14-15-1-6-19-16(13-15)7-12-28-19/h1-6,13H,7-12,14H2. The lowest BCUT2D eigenvalue weighted by atomic mass is 10.1. The SMILES string of the molecule is O=S(=O)(c1ccc(C(F)(F)F)cc1)N1CCN(Cc2ccc3c(c2)CCO3)CC1. The number of hydrogen-bond donors (Lipinski definition) is 0. The molecule has 0 saturated carbocycles. The summed E-state index contributed by atoms with van der Waals surface area (Å²) in [5.74, 6) is 0.932. The van der Waals surface area contributed by atoms with E-state index in [1.54, 1.807) is 0 Å². The summed E-state index contributed by atoms with van der Waals surface area (Å²) in [4.78, 5) is 2.06. The molecule has 2 heterocycles. The highest BCUT2D eigenvalue weighted by molar-refractivity contribution is 7.89. The summed E-state index contributed by atoms with van der Waals surface area (Å²) in [5, 5.41) is 0. The largest absolute Gasteiger partial charge is 0.493 e. The van der Waals surface area contributed by atoms with Crippen LogP contribution in [0.3, 0.4) is 0 Å². The van der Waals surface area contributed by atoms with Crippen LogP contribution in [-0.4, -0.2) is 50.4 Å². The quantitative estimate of drug-likeness (QED) is 0.754. The molecule has 0 aromatic heterocycles. The van der Waals surface area contributed by atoms with Gasteiger partial charge in [0.15, 0.2) is 0 Å². The number of rotatable bonds is 4. The smallest absolute Gasteiger partial charge is 0.416 e. The fourth-order valence-corrected chi connectivity index (χ4v) is 5.11. The van der Waals surface area contributed by atoms with Crippen molar-refractivity contribution < 1.29 is 26.3 Å². The molecule has 2 aliphatic rings. The zero-order chi connectivity index (χ0) is 20.6. The molecule has 9 heteroatoms. The van der Waals surface area contributed by atoms with Gasteiger partial charge in [-0.15, -0.1) is 0 Å². The van der Waals surface area contributed by atoms with E-state index in [1.807, 2.05) is 12.1 Å². The van der Waals surface area contributed by atoms with Crippen LogP contribution in [0.4, 0.5) is 13.2 Å². The van der Waals surface area contributed by atoms with Crippen molar-refractivity contribution in [3.8, 4) is 5.75 Å². The van der Waals surface area contributed by atoms with Crippen LogP contribution in [0.1, 0.15) is 16.7 Å². The Kier molecular flexibility index (Phi) is 5.30. The van der Waals surface area contributed by atoms with E-state index in [1.165, 1.54) is 9.87 Å². The van der Waals surface area contributed by atoms with Crippen molar-refractivity contribution in [2.24, 2.45) is 0 Å². The van der Waals surface area contributed by atoms with Gasteiger partial charge in [-0.2, -0.15) is 17.5 Å². The molecule has 0 atom stereocenters. The normalized spacial score (nSPS) is 18.4. The highest BCUT2D eigenvalue weighted by atomic mass is 32.2. The Hall–Kier alpha value is -2.10. The maximum Gasteiger partial charge on any atom is 0.416 e. The fourth-order valence-electron chi connectivity index (χ4n) is 3.69. The summed E-state index contributed by atoms with van der Waals surface area (Å²) in [5.41, 5.74) is 1.50. The Morgan fingerprint density at radius 2 is 1.66 bits per heavy atom. The Balaban J connectivity index is 1.38. The Morgan fingerprint density at radius 3 is 2.31 bits per heavy atom. The Morgan fingerprint density at radius 1 is 0.966 bits per heavy atom. The molecule has 156 valence electrons. The average molecular weight is 426 g/mol. The second kappa shape index (κ2) is 7.62. The highest BCUT2D eigenvalue weighted by Crippen LogP contribution is 2.30. The minimum absolute atomic E-state index is 0.113. The van der Waals surface area contributed by atoms with Gasteiger partial charge >= 0.3 is 6.18 Å². The second-order valence-corrected chi connectivity index (χ2v) is 9.18. The molecule has 29 heavy (non-hydrogen) atoms. The first-order valence-electron chi connectivity index (χ1n) is 9.38. The molecule has 2 aromatic carbocycles. The molecular formula is C20H21F3N2O3S. The summed E-state index contributed by atoms with van der Waals surface area (Å²) < 4.78 is 70.4. The Labute approximate surface area is 167 Å². The third kappa shape index (κ3) is 4.26. The van der Waals surface area contributed by atoms with Gasteiger partial charge in [-0.05, 0) is 41.5 Å². The predicted octanol–water partition coefficient (Wildman–Crippen LogP) is 3.15. The van der Waals surface area contributed by atoms with Gasteiger partial charge in [-0.1, -0.05) is 12.1 Å². The van der Waals surface area contributed by atoms with E-state index in [0.717, 1.165) is 48.5 Å². The molecule has 0 bridgehead atoms. The third-order valence-electron chi connectivity index (χ3n) is 5.31. The third-order valence-corrected chi connectivity index (χ3v) is 7.22. The van der Waals surface area contributed by atoms with Crippen LogP contribution >= 0.6 is 0 Å². The molecule has 0 unspecified atom stereocenters. The molecule has 0 amide bonds. The molecule has 0 N–H and O–H groups in total. The number of piperazine rings is 1. The summed E-state index contributed by atoms with van der Waals surface area (Å²) in [6, 6.07) is 9.79. The van der Waals surface area contributed by atoms with Crippen molar-refractivity contribution in [2.75, 3.05) is 32.8 Å². The van der Waals surface area contributed by atoms with E-state index >= 15 is 0 Å². The topological polar surface area (TPSA) is 49.9 Å². The molecule has 0 aliphatic carbocycles. The van der Waals surface area contributed by atoms with Gasteiger partial charge < -0.3 is 4.74 Å². The Bertz CT molecular complexity index is 983. The van der Waals surface area contributed by atoms with E-state index < -0.39 is 21.8 Å². The van der Waals surface area contributed by atoms with Crippen LogP contribution in [0.15, 0.2) is 47.4 Å². The van der Waals surface area contributed by atoms with Gasteiger partial charge in [0.1, 0.15) is 5.75 Å². The van der Waals surface area contributed by atoms with Gasteiger partial charge in [-0.25, -0.2) is 8.42 Å². The summed E-state index contributed by atoms with van der Waals surface area (Å²) in [7, 11) is -3.81. The van der Waals surface area contributed by atoms with Crippen LogP contribution in [0, 0.1) is 0 Å². The first-order chi connectivity index (χ1) is 13.7. The number of sulfonamides is 1. The van der Waals surface area contributed by atoms with Crippen molar-refractivity contribution in [1.29, 1.82) is 0 Å². The maximum atomic E-state index is 12.8. The first kappa shape index (κ1) is 20.2. The van der Waals surface area contributed by atoms with Crippen molar-refractivity contribution >= 4 is 10.0 Å². The predicted molar refractivity (Wildman–Crippen MR) is 101 cm³/mol. The van der Waals surface area contributed by atoms with Crippen LogP contribution in [0.25, 0.3) is 0 Å². The fraction of sp³-hybridized carbons (Fsp3) is 0.400. The number of ether oxygens (including phenoxy) is 1. The first-order valence-corrected chi connectivity index (χ1v) is 10.8. The lowest BCUT2D eigenvalue weighted by Gasteiger charge is -2.34. The van der Waals surface area contributed by atoms with Gasteiger partial charge in [0.2, 0.25) is 10.0 Å². The lowest BCUT2D eigenvalue weighted by molar-refractivity contribution is -0.137. The molecule has 1 saturated heterocycles. The van der Waals surface area contributed by atoms with E-state index in [2.05, 4.69) is 11.0 Å². The number of fused-ring (bicyclic) bond motifs is 1. The number of nitrogens with zero attached hydrogens (tertiary/aromatic N) is 2. The summed E-state index contributed by atoms with van der Waals surface area (Å²) in [6.45, 7) is 3.16. The molecule has 2 aromatic rings. The molecular weight excluding hydrogens is 405 g/mol. The minimum atomic E-state index is -4.49. The molecule has 1 fully saturated rings. The van der Waals surface area contributed by atoms with Crippen LogP contribution in [0.2, 0.25) is 0 Å². The zero-order valence-corrected chi connectivity index (χ0v) is 16.5. The summed E-state index contributed by atoms with van der Waals surface area (Å²) in [6.07, 6.45) is -3.58. The van der Waals surface area contributed by atoms with Crippen LogP contribution in [-0.2, 0) is 29.2 Å². The number of halogens is 3. The van der Waals surface area contributed by atoms with Gasteiger partial charge in [0, 0.05) is 39.1 Å². The van der Waals surface area contributed by atoms with Gasteiger partial charge in [-0.3, -0.25) is 4.90 Å². The van der Waals surface area contributed by atoms with E-state index in [0.29, 0.717) is 32.8 Å². The van der Waals surface area contributed by atoms with E-state index in [-0.39, 0.29) is 4.90 Å². The van der Waals surface area contributed by atoms with Crippen molar-refractivity contribution in [3.63, 3.8) is 0 Å². The van der Waals surface area contributed by atoms with E-state index in [4.69, 9.17) is 4.74 Å². The van der Waals surface area contributed by atoms with Crippen molar-refractivity contribution in [2.45, 2.75) is 24.0 Å². The zero-order valence-electron chi connectivity index (χ0n) is 15.7. The monoisotopic (exact) mass is 426 g/mol. The van der Waals surface area contributed by atoms with Crippen LogP contribution in [0.5, 0.6) is 5.75 Å². The molecule has 0 spiro atoms. The lowest BCUT2D eigenvalue weighted by Crippen LogP contribution is -2.48. The number of alkyl halides is 3. The molecule has 0 radical (unpaired) electrons. The van der Waals surface area contributed by atoms with E-state index in [9.17, 15) is 21.6 Å². The molecule has 2 aliphatic heterocycles. The highest BCUT2D eigenvalue weighted by Gasteiger charge is 2.32. The van der Waals surface area contributed by atoms with Crippen molar-refractivity contribution in [1.82, 2.24) is 9.21 Å². The van der Waals surface area contributed by atoms with Gasteiger partial charge in [0.05, 0.1) is 17.1 Å². The van der Waals surface area contributed by atoms with Gasteiger partial charge in [0.25, 0.3) is 0 Å². The maximum absolute atomic E-state index is 12.8. The minimum Gasteiger partial charge on any atom is -0.493 e. The molecule has 5 nitrogen and oxygen atoms in total. The average Bonchev–Trinajstić information content (AvgIpc) is 3.16. The summed E-state index contributed by atoms with van der Waals surface area (Å²) >= 11 is 0.